The van der Waals surface area contributed by atoms with E-state index < -0.39 is 5.97 Å². The van der Waals surface area contributed by atoms with E-state index in [9.17, 15) is 9.90 Å². The highest BCUT2D eigenvalue weighted by atomic mass is 16.4. The van der Waals surface area contributed by atoms with E-state index in [-0.39, 0.29) is 12.2 Å². The van der Waals surface area contributed by atoms with Gasteiger partial charge in [-0.3, -0.25) is 4.79 Å². The molecule has 0 aromatic heterocycles. The maximum Gasteiger partial charge on any atom is 0.307 e. The minimum Gasteiger partial charge on any atom is -0.507 e. The Hall–Kier alpha value is -2.55. The van der Waals surface area contributed by atoms with Crippen molar-refractivity contribution in [1.29, 1.82) is 0 Å². The first kappa shape index (κ1) is 13.9. The van der Waals surface area contributed by atoms with Crippen molar-refractivity contribution in [2.45, 2.75) is 12.8 Å². The fourth-order valence-corrected chi connectivity index (χ4v) is 1.92. The predicted molar refractivity (Wildman–Crippen MR) is 78.6 cm³/mol. The molecule has 0 aliphatic carbocycles. The molecule has 0 unspecified atom stereocenters. The van der Waals surface area contributed by atoms with Crippen molar-refractivity contribution in [3.05, 3.63) is 71.3 Å². The predicted octanol–water partition coefficient (Wildman–Crippen LogP) is 3.28. The van der Waals surface area contributed by atoms with Crippen LogP contribution in [0.3, 0.4) is 0 Å². The van der Waals surface area contributed by atoms with Gasteiger partial charge in [0.25, 0.3) is 0 Å². The topological polar surface area (TPSA) is 57.5 Å². The molecule has 2 aromatic rings. The molecule has 3 heteroatoms. The van der Waals surface area contributed by atoms with Crippen LogP contribution in [0.25, 0.3) is 6.08 Å². The quantitative estimate of drug-likeness (QED) is 0.875. The molecule has 0 aliphatic rings. The van der Waals surface area contributed by atoms with Gasteiger partial charge in [0.05, 0.1) is 6.42 Å². The number of rotatable bonds is 5. The van der Waals surface area contributed by atoms with Gasteiger partial charge in [0.15, 0.2) is 0 Å². The Labute approximate surface area is 117 Å². The van der Waals surface area contributed by atoms with Gasteiger partial charge in [-0.1, -0.05) is 54.6 Å². The zero-order valence-electron chi connectivity index (χ0n) is 11.0. The SMILES string of the molecule is O=C(O)Cc1ccc(CC=Cc2ccccc2O)cc1. The standard InChI is InChI=1S/C17H16O3/c18-16-7-2-1-5-15(16)6-3-4-13-8-10-14(11-9-13)12-17(19)20/h1-3,5-11,18H,4,12H2,(H,19,20). The number of para-hydroxylation sites is 1. The average Bonchev–Trinajstić information content (AvgIpc) is 2.42. The number of benzene rings is 2. The number of aliphatic carboxylic acids is 1. The number of carboxylic acid groups (broad SMARTS) is 1. The van der Waals surface area contributed by atoms with E-state index in [4.69, 9.17) is 5.11 Å². The molecule has 3 nitrogen and oxygen atoms in total. The Bertz CT molecular complexity index is 612. The Morgan fingerprint density at radius 1 is 1.00 bits per heavy atom. The molecule has 0 amide bonds. The number of allylic oxidation sites excluding steroid dienone is 1. The molecule has 0 radical (unpaired) electrons. The first-order chi connectivity index (χ1) is 9.65. The number of aromatic hydroxyl groups is 1. The lowest BCUT2D eigenvalue weighted by Crippen LogP contribution is -1.99. The highest BCUT2D eigenvalue weighted by Crippen LogP contribution is 2.17. The van der Waals surface area contributed by atoms with Gasteiger partial charge in [-0.2, -0.15) is 0 Å². The Morgan fingerprint density at radius 3 is 2.30 bits per heavy atom. The van der Waals surface area contributed by atoms with E-state index in [1.165, 1.54) is 0 Å². The number of hydrogen-bond acceptors (Lipinski definition) is 2. The summed E-state index contributed by atoms with van der Waals surface area (Å²) >= 11 is 0. The largest absolute Gasteiger partial charge is 0.507 e. The first-order valence-electron chi connectivity index (χ1n) is 6.39. The van der Waals surface area contributed by atoms with Crippen LogP contribution in [0.15, 0.2) is 54.6 Å². The maximum absolute atomic E-state index is 10.6. The highest BCUT2D eigenvalue weighted by Gasteiger charge is 1.99. The molecule has 2 aromatic carbocycles. The molecule has 2 rings (SSSR count). The van der Waals surface area contributed by atoms with Gasteiger partial charge in [0.1, 0.15) is 5.75 Å². The minimum atomic E-state index is -0.822. The third-order valence-electron chi connectivity index (χ3n) is 2.97. The lowest BCUT2D eigenvalue weighted by molar-refractivity contribution is -0.136. The van der Waals surface area contributed by atoms with Gasteiger partial charge < -0.3 is 10.2 Å². The molecule has 0 saturated heterocycles. The van der Waals surface area contributed by atoms with Crippen molar-refractivity contribution in [1.82, 2.24) is 0 Å². The summed E-state index contributed by atoms with van der Waals surface area (Å²) in [6.45, 7) is 0. The molecule has 2 N–H and O–H groups in total. The Balaban J connectivity index is 1.97. The van der Waals surface area contributed by atoms with E-state index >= 15 is 0 Å². The minimum absolute atomic E-state index is 0.0496. The highest BCUT2D eigenvalue weighted by molar-refractivity contribution is 5.70. The first-order valence-corrected chi connectivity index (χ1v) is 6.39. The third kappa shape index (κ3) is 3.99. The molecular formula is C17H16O3. The summed E-state index contributed by atoms with van der Waals surface area (Å²) in [7, 11) is 0. The molecule has 0 heterocycles. The van der Waals surface area contributed by atoms with Gasteiger partial charge in [0.2, 0.25) is 0 Å². The summed E-state index contributed by atoms with van der Waals surface area (Å²) in [6, 6.07) is 14.7. The van der Waals surface area contributed by atoms with Crippen LogP contribution in [0.2, 0.25) is 0 Å². The van der Waals surface area contributed by atoms with Gasteiger partial charge >= 0.3 is 5.97 Å². The average molecular weight is 268 g/mol. The summed E-state index contributed by atoms with van der Waals surface area (Å²) in [5, 5.41) is 18.3. The van der Waals surface area contributed by atoms with Crippen molar-refractivity contribution < 1.29 is 15.0 Å². The van der Waals surface area contributed by atoms with Crippen LogP contribution in [-0.4, -0.2) is 16.2 Å². The fourth-order valence-electron chi connectivity index (χ4n) is 1.92. The van der Waals surface area contributed by atoms with Crippen LogP contribution in [0.5, 0.6) is 5.75 Å². The van der Waals surface area contributed by atoms with Gasteiger partial charge in [0, 0.05) is 5.56 Å². The summed E-state index contributed by atoms with van der Waals surface area (Å²) in [5.74, 6) is -0.558. The van der Waals surface area contributed by atoms with Crippen LogP contribution in [0.1, 0.15) is 16.7 Å². The van der Waals surface area contributed by atoms with E-state index in [0.29, 0.717) is 0 Å². The third-order valence-corrected chi connectivity index (χ3v) is 2.97. The zero-order valence-corrected chi connectivity index (χ0v) is 11.0. The van der Waals surface area contributed by atoms with Crippen LogP contribution < -0.4 is 0 Å². The van der Waals surface area contributed by atoms with Crippen LogP contribution in [0, 0.1) is 0 Å². The van der Waals surface area contributed by atoms with E-state index in [1.807, 2.05) is 48.6 Å². The second-order valence-corrected chi connectivity index (χ2v) is 4.55. The fraction of sp³-hybridized carbons (Fsp3) is 0.118. The van der Waals surface area contributed by atoms with Gasteiger partial charge in [-0.25, -0.2) is 0 Å². The summed E-state index contributed by atoms with van der Waals surface area (Å²) in [5.41, 5.74) is 2.69. The number of phenols is 1. The van der Waals surface area contributed by atoms with Crippen molar-refractivity contribution in [3.8, 4) is 5.75 Å². The molecule has 102 valence electrons. The molecule has 0 spiro atoms. The second-order valence-electron chi connectivity index (χ2n) is 4.55. The Kier molecular flexibility index (Phi) is 4.56. The monoisotopic (exact) mass is 268 g/mol. The number of carboxylic acids is 1. The molecule has 0 fully saturated rings. The zero-order chi connectivity index (χ0) is 14.4. The molecule has 0 bridgehead atoms. The molecular weight excluding hydrogens is 252 g/mol. The number of phenolic OH excluding ortho intramolecular Hbond substituents is 1. The lowest BCUT2D eigenvalue weighted by Gasteiger charge is -2.00. The van der Waals surface area contributed by atoms with Crippen LogP contribution in [-0.2, 0) is 17.6 Å². The van der Waals surface area contributed by atoms with Crippen molar-refractivity contribution in [2.75, 3.05) is 0 Å². The number of carbonyl (C=O) groups is 1. The smallest absolute Gasteiger partial charge is 0.307 e. The Morgan fingerprint density at radius 2 is 1.65 bits per heavy atom. The van der Waals surface area contributed by atoms with Crippen molar-refractivity contribution in [3.63, 3.8) is 0 Å². The molecule has 0 saturated carbocycles. The van der Waals surface area contributed by atoms with E-state index in [1.54, 1.807) is 12.1 Å². The van der Waals surface area contributed by atoms with Crippen molar-refractivity contribution >= 4 is 12.0 Å². The van der Waals surface area contributed by atoms with Gasteiger partial charge in [-0.05, 0) is 23.6 Å². The lowest BCUT2D eigenvalue weighted by atomic mass is 10.1. The van der Waals surface area contributed by atoms with Crippen LogP contribution in [0.4, 0.5) is 0 Å². The van der Waals surface area contributed by atoms with Crippen LogP contribution >= 0.6 is 0 Å². The molecule has 20 heavy (non-hydrogen) atoms. The summed E-state index contributed by atoms with van der Waals surface area (Å²) in [4.78, 5) is 10.6. The maximum atomic E-state index is 10.6. The normalized spacial score (nSPS) is 10.8. The summed E-state index contributed by atoms with van der Waals surface area (Å²) in [6.07, 6.45) is 4.64. The molecule has 0 aliphatic heterocycles. The number of hydrogen-bond donors (Lipinski definition) is 2. The van der Waals surface area contributed by atoms with E-state index in [2.05, 4.69) is 0 Å². The molecule has 0 atom stereocenters. The van der Waals surface area contributed by atoms with Gasteiger partial charge in [-0.15, -0.1) is 0 Å². The second kappa shape index (κ2) is 6.57. The van der Waals surface area contributed by atoms with Crippen molar-refractivity contribution in [2.24, 2.45) is 0 Å². The van der Waals surface area contributed by atoms with E-state index in [0.717, 1.165) is 23.1 Å². The summed E-state index contributed by atoms with van der Waals surface area (Å²) < 4.78 is 0.